The maximum Gasteiger partial charge on any atom is 0.125 e. The van der Waals surface area contributed by atoms with Gasteiger partial charge in [-0.15, -0.1) is 11.3 Å². The number of rotatable bonds is 7. The fourth-order valence-electron chi connectivity index (χ4n) is 2.57. The lowest BCUT2D eigenvalue weighted by molar-refractivity contribution is 0.195. The molecular weight excluding hydrogens is 302 g/mol. The first kappa shape index (κ1) is 15.8. The summed E-state index contributed by atoms with van der Waals surface area (Å²) in [6.07, 6.45) is 0.992. The number of thiophene rings is 1. The predicted octanol–water partition coefficient (Wildman–Crippen LogP) is 5.14. The SMILES string of the molecule is CNCCC(Oc1cccc(-c2cccs2)c1)c1ccccc1. The molecule has 118 valence electrons. The molecule has 0 aliphatic heterocycles. The van der Waals surface area contributed by atoms with Gasteiger partial charge in [-0.3, -0.25) is 0 Å². The summed E-state index contributed by atoms with van der Waals surface area (Å²) < 4.78 is 6.31. The Morgan fingerprint density at radius 3 is 2.61 bits per heavy atom. The van der Waals surface area contributed by atoms with Crippen LogP contribution in [-0.4, -0.2) is 13.6 Å². The van der Waals surface area contributed by atoms with Crippen molar-refractivity contribution in [1.82, 2.24) is 5.32 Å². The molecule has 23 heavy (non-hydrogen) atoms. The number of nitrogens with one attached hydrogen (secondary N) is 1. The van der Waals surface area contributed by atoms with E-state index in [-0.39, 0.29) is 6.10 Å². The highest BCUT2D eigenvalue weighted by atomic mass is 32.1. The van der Waals surface area contributed by atoms with Crippen molar-refractivity contribution in [3.8, 4) is 16.2 Å². The van der Waals surface area contributed by atoms with E-state index in [1.807, 2.05) is 19.2 Å². The molecule has 2 aromatic carbocycles. The topological polar surface area (TPSA) is 21.3 Å². The van der Waals surface area contributed by atoms with E-state index in [0.717, 1.165) is 18.7 Å². The van der Waals surface area contributed by atoms with Gasteiger partial charge in [0, 0.05) is 11.3 Å². The highest BCUT2D eigenvalue weighted by Crippen LogP contribution is 2.30. The molecule has 0 saturated carbocycles. The Morgan fingerprint density at radius 1 is 1.00 bits per heavy atom. The van der Waals surface area contributed by atoms with Crippen molar-refractivity contribution in [2.24, 2.45) is 0 Å². The van der Waals surface area contributed by atoms with Gasteiger partial charge in [-0.1, -0.05) is 48.5 Å². The third kappa shape index (κ3) is 4.21. The van der Waals surface area contributed by atoms with Crippen LogP contribution in [0.4, 0.5) is 0 Å². The zero-order valence-electron chi connectivity index (χ0n) is 13.2. The highest BCUT2D eigenvalue weighted by Gasteiger charge is 2.13. The van der Waals surface area contributed by atoms with Gasteiger partial charge < -0.3 is 10.1 Å². The van der Waals surface area contributed by atoms with Gasteiger partial charge in [0.2, 0.25) is 0 Å². The molecule has 0 spiro atoms. The highest BCUT2D eigenvalue weighted by molar-refractivity contribution is 7.13. The first-order chi connectivity index (χ1) is 11.4. The predicted molar refractivity (Wildman–Crippen MR) is 98.1 cm³/mol. The minimum atomic E-state index is 0.0576. The summed E-state index contributed by atoms with van der Waals surface area (Å²) in [5, 5.41) is 5.31. The Bertz CT molecular complexity index is 710. The second-order valence-electron chi connectivity index (χ2n) is 5.41. The second kappa shape index (κ2) is 7.95. The van der Waals surface area contributed by atoms with Crippen molar-refractivity contribution in [2.45, 2.75) is 12.5 Å². The van der Waals surface area contributed by atoms with Gasteiger partial charge in [0.1, 0.15) is 11.9 Å². The third-order valence-electron chi connectivity index (χ3n) is 3.75. The molecule has 0 aliphatic rings. The average molecular weight is 323 g/mol. The number of ether oxygens (including phenoxy) is 1. The van der Waals surface area contributed by atoms with Gasteiger partial charge >= 0.3 is 0 Å². The van der Waals surface area contributed by atoms with E-state index in [0.29, 0.717) is 0 Å². The van der Waals surface area contributed by atoms with E-state index in [9.17, 15) is 0 Å². The van der Waals surface area contributed by atoms with E-state index >= 15 is 0 Å². The summed E-state index contributed by atoms with van der Waals surface area (Å²) in [7, 11) is 1.97. The molecule has 0 bridgehead atoms. The zero-order chi connectivity index (χ0) is 15.9. The standard InChI is InChI=1S/C20H21NOS/c1-21-13-12-19(16-7-3-2-4-8-16)22-18-10-5-9-17(15-18)20-11-6-14-23-20/h2-11,14-15,19,21H,12-13H2,1H3. The van der Waals surface area contributed by atoms with Gasteiger partial charge in [0.15, 0.2) is 0 Å². The Balaban J connectivity index is 1.81. The van der Waals surface area contributed by atoms with Gasteiger partial charge in [-0.05, 0) is 48.3 Å². The molecule has 3 rings (SSSR count). The summed E-state index contributed by atoms with van der Waals surface area (Å²) in [6.45, 7) is 0.921. The smallest absolute Gasteiger partial charge is 0.125 e. The lowest BCUT2D eigenvalue weighted by Crippen LogP contribution is -2.16. The van der Waals surface area contributed by atoms with E-state index in [2.05, 4.69) is 65.3 Å². The summed E-state index contributed by atoms with van der Waals surface area (Å²) in [5.41, 5.74) is 2.42. The summed E-state index contributed by atoms with van der Waals surface area (Å²) in [6, 6.07) is 23.0. The molecule has 1 heterocycles. The molecule has 2 nitrogen and oxygen atoms in total. The number of hydrogen-bond acceptors (Lipinski definition) is 3. The minimum Gasteiger partial charge on any atom is -0.486 e. The molecule has 1 atom stereocenters. The van der Waals surface area contributed by atoms with Crippen molar-refractivity contribution in [3.63, 3.8) is 0 Å². The Kier molecular flexibility index (Phi) is 5.46. The van der Waals surface area contributed by atoms with Crippen molar-refractivity contribution < 1.29 is 4.74 Å². The molecule has 1 unspecified atom stereocenters. The van der Waals surface area contributed by atoms with Crippen LogP contribution < -0.4 is 10.1 Å². The van der Waals surface area contributed by atoms with Crippen LogP contribution in [0.1, 0.15) is 18.1 Å². The first-order valence-corrected chi connectivity index (χ1v) is 8.75. The quantitative estimate of drug-likeness (QED) is 0.649. The van der Waals surface area contributed by atoms with Gasteiger partial charge in [-0.2, -0.15) is 0 Å². The van der Waals surface area contributed by atoms with Crippen molar-refractivity contribution in [2.75, 3.05) is 13.6 Å². The van der Waals surface area contributed by atoms with Crippen molar-refractivity contribution in [3.05, 3.63) is 77.7 Å². The second-order valence-corrected chi connectivity index (χ2v) is 6.36. The molecule has 1 aromatic heterocycles. The molecule has 3 heteroatoms. The van der Waals surface area contributed by atoms with E-state index < -0.39 is 0 Å². The zero-order valence-corrected chi connectivity index (χ0v) is 14.1. The summed E-state index contributed by atoms with van der Waals surface area (Å²) in [5.74, 6) is 0.917. The van der Waals surface area contributed by atoms with E-state index in [4.69, 9.17) is 4.74 Å². The molecule has 0 fully saturated rings. The van der Waals surface area contributed by atoms with Crippen LogP contribution in [0.3, 0.4) is 0 Å². The van der Waals surface area contributed by atoms with Crippen LogP contribution in [-0.2, 0) is 0 Å². The van der Waals surface area contributed by atoms with Crippen molar-refractivity contribution >= 4 is 11.3 Å². The largest absolute Gasteiger partial charge is 0.486 e. The molecule has 1 N–H and O–H groups in total. The Labute approximate surface area is 141 Å². The fourth-order valence-corrected chi connectivity index (χ4v) is 3.29. The summed E-state index contributed by atoms with van der Waals surface area (Å²) >= 11 is 1.75. The normalized spacial score (nSPS) is 12.0. The molecular formula is C20H21NOS. The van der Waals surface area contributed by atoms with E-state index in [1.54, 1.807) is 11.3 Å². The van der Waals surface area contributed by atoms with Gasteiger partial charge in [0.25, 0.3) is 0 Å². The fraction of sp³-hybridized carbons (Fsp3) is 0.200. The van der Waals surface area contributed by atoms with Crippen LogP contribution in [0.2, 0.25) is 0 Å². The van der Waals surface area contributed by atoms with Crippen LogP contribution in [0, 0.1) is 0 Å². The monoisotopic (exact) mass is 323 g/mol. The van der Waals surface area contributed by atoms with Crippen LogP contribution in [0.25, 0.3) is 10.4 Å². The van der Waals surface area contributed by atoms with Crippen LogP contribution >= 0.6 is 11.3 Å². The Morgan fingerprint density at radius 2 is 1.87 bits per heavy atom. The number of hydrogen-bond donors (Lipinski definition) is 1. The molecule has 3 aromatic rings. The lowest BCUT2D eigenvalue weighted by atomic mass is 10.1. The number of benzene rings is 2. The minimum absolute atomic E-state index is 0.0576. The van der Waals surface area contributed by atoms with Gasteiger partial charge in [0.05, 0.1) is 0 Å². The first-order valence-electron chi connectivity index (χ1n) is 7.87. The van der Waals surface area contributed by atoms with Crippen molar-refractivity contribution in [1.29, 1.82) is 0 Å². The molecule has 0 radical (unpaired) electrons. The molecule has 0 amide bonds. The maximum atomic E-state index is 6.31. The van der Waals surface area contributed by atoms with Crippen LogP contribution in [0.5, 0.6) is 5.75 Å². The van der Waals surface area contributed by atoms with Crippen LogP contribution in [0.15, 0.2) is 72.1 Å². The maximum absolute atomic E-state index is 6.31. The Hall–Kier alpha value is -2.10. The average Bonchev–Trinajstić information content (AvgIpc) is 3.14. The van der Waals surface area contributed by atoms with Gasteiger partial charge in [-0.25, -0.2) is 0 Å². The molecule has 0 aliphatic carbocycles. The van der Waals surface area contributed by atoms with E-state index in [1.165, 1.54) is 16.0 Å². The molecule has 0 saturated heterocycles. The lowest BCUT2D eigenvalue weighted by Gasteiger charge is -2.20. The third-order valence-corrected chi connectivity index (χ3v) is 4.66. The summed E-state index contributed by atoms with van der Waals surface area (Å²) in [4.78, 5) is 1.27.